The lowest BCUT2D eigenvalue weighted by Gasteiger charge is -2.07. The summed E-state index contributed by atoms with van der Waals surface area (Å²) >= 11 is 0. The fourth-order valence-electron chi connectivity index (χ4n) is 1.02. The van der Waals surface area contributed by atoms with Gasteiger partial charge < -0.3 is 14.6 Å². The molecule has 0 aromatic heterocycles. The van der Waals surface area contributed by atoms with Gasteiger partial charge >= 0.3 is 5.97 Å². The van der Waals surface area contributed by atoms with E-state index in [1.807, 2.05) is 0 Å². The maximum absolute atomic E-state index is 11.2. The first-order valence-electron chi connectivity index (χ1n) is 4.34. The van der Waals surface area contributed by atoms with Crippen molar-refractivity contribution in [3.8, 4) is 11.5 Å². The molecule has 1 rings (SSSR count). The number of phenols is 1. The molecule has 0 heterocycles. The topological polar surface area (TPSA) is 55.8 Å². The molecule has 0 aliphatic heterocycles. The van der Waals surface area contributed by atoms with E-state index in [-0.39, 0.29) is 18.1 Å². The number of carbonyl (C=O) groups is 1. The Morgan fingerprint density at radius 2 is 2.33 bits per heavy atom. The number of ether oxygens (including phenoxy) is 2. The number of carbonyl (C=O) groups excluding carboxylic acids is 1. The second-order valence-corrected chi connectivity index (χ2v) is 2.77. The van der Waals surface area contributed by atoms with Crippen LogP contribution in [0.5, 0.6) is 11.5 Å². The number of benzene rings is 1. The number of methoxy groups -OCH3 is 1. The summed E-state index contributed by atoms with van der Waals surface area (Å²) in [5, 5.41) is 9.40. The maximum atomic E-state index is 11.2. The predicted octanol–water partition coefficient (Wildman–Crippen LogP) is 1.74. The Balaban J connectivity index is 2.94. The molecule has 0 unspecified atom stereocenters. The minimum Gasteiger partial charge on any atom is -0.504 e. The first kappa shape index (κ1) is 11.1. The van der Waals surface area contributed by atoms with Gasteiger partial charge in [0.25, 0.3) is 0 Å². The van der Waals surface area contributed by atoms with Crippen molar-refractivity contribution in [2.45, 2.75) is 0 Å². The molecule has 1 aromatic rings. The highest BCUT2D eigenvalue weighted by molar-refractivity contribution is 5.90. The summed E-state index contributed by atoms with van der Waals surface area (Å²) in [5.41, 5.74) is 0.328. The quantitative estimate of drug-likeness (QED) is 0.605. The van der Waals surface area contributed by atoms with Gasteiger partial charge in [0, 0.05) is 0 Å². The number of phenolic OH excluding ortho intramolecular Hbond substituents is 1. The van der Waals surface area contributed by atoms with Crippen LogP contribution < -0.4 is 4.74 Å². The third kappa shape index (κ3) is 2.74. The van der Waals surface area contributed by atoms with E-state index in [4.69, 9.17) is 4.74 Å². The number of rotatable bonds is 4. The Labute approximate surface area is 87.7 Å². The molecule has 0 spiro atoms. The molecule has 15 heavy (non-hydrogen) atoms. The first-order valence-corrected chi connectivity index (χ1v) is 4.34. The van der Waals surface area contributed by atoms with Crippen molar-refractivity contribution in [1.82, 2.24) is 0 Å². The Morgan fingerprint density at radius 3 is 2.93 bits per heavy atom. The van der Waals surface area contributed by atoms with Crippen molar-refractivity contribution in [2.24, 2.45) is 0 Å². The summed E-state index contributed by atoms with van der Waals surface area (Å²) in [6.45, 7) is 3.74. The van der Waals surface area contributed by atoms with E-state index < -0.39 is 5.97 Å². The van der Waals surface area contributed by atoms with Gasteiger partial charge in [0.1, 0.15) is 6.61 Å². The molecule has 0 bridgehead atoms. The van der Waals surface area contributed by atoms with Gasteiger partial charge in [-0.05, 0) is 18.2 Å². The Hall–Kier alpha value is -1.97. The van der Waals surface area contributed by atoms with Crippen LogP contribution in [-0.2, 0) is 4.74 Å². The van der Waals surface area contributed by atoms with E-state index in [0.29, 0.717) is 5.56 Å². The second kappa shape index (κ2) is 5.05. The number of hydrogen-bond donors (Lipinski definition) is 1. The van der Waals surface area contributed by atoms with E-state index in [9.17, 15) is 9.90 Å². The molecule has 80 valence electrons. The fraction of sp³-hybridized carbons (Fsp3) is 0.182. The third-order valence-electron chi connectivity index (χ3n) is 1.74. The molecule has 4 nitrogen and oxygen atoms in total. The van der Waals surface area contributed by atoms with Crippen LogP contribution in [0.1, 0.15) is 10.4 Å². The summed E-state index contributed by atoms with van der Waals surface area (Å²) in [4.78, 5) is 11.2. The van der Waals surface area contributed by atoms with Gasteiger partial charge in [-0.15, -0.1) is 0 Å². The summed E-state index contributed by atoms with van der Waals surface area (Å²) < 4.78 is 9.68. The van der Waals surface area contributed by atoms with Gasteiger partial charge in [-0.2, -0.15) is 0 Å². The van der Waals surface area contributed by atoms with Crippen molar-refractivity contribution in [3.05, 3.63) is 36.4 Å². The van der Waals surface area contributed by atoms with Crippen molar-refractivity contribution >= 4 is 5.97 Å². The largest absolute Gasteiger partial charge is 0.504 e. The fourth-order valence-corrected chi connectivity index (χ4v) is 1.02. The molecular formula is C11H12O4. The van der Waals surface area contributed by atoms with Gasteiger partial charge in [-0.1, -0.05) is 12.7 Å². The summed E-state index contributed by atoms with van der Waals surface area (Å²) in [5.74, 6) is -0.263. The highest BCUT2D eigenvalue weighted by atomic mass is 16.5. The highest BCUT2D eigenvalue weighted by Gasteiger charge is 2.09. The smallest absolute Gasteiger partial charge is 0.337 e. The zero-order valence-corrected chi connectivity index (χ0v) is 8.40. The van der Waals surface area contributed by atoms with Gasteiger partial charge in [0.15, 0.2) is 11.5 Å². The molecule has 1 aromatic carbocycles. The van der Waals surface area contributed by atoms with Gasteiger partial charge in [0.2, 0.25) is 0 Å². The minimum absolute atomic E-state index is 0.0236. The Kier molecular flexibility index (Phi) is 3.74. The number of hydrogen-bond acceptors (Lipinski definition) is 4. The first-order chi connectivity index (χ1) is 7.19. The summed E-state index contributed by atoms with van der Waals surface area (Å²) in [6.07, 6.45) is 1.55. The predicted molar refractivity (Wildman–Crippen MR) is 55.1 cm³/mol. The monoisotopic (exact) mass is 208 g/mol. The maximum Gasteiger partial charge on any atom is 0.337 e. The molecule has 0 fully saturated rings. The van der Waals surface area contributed by atoms with Crippen LogP contribution >= 0.6 is 0 Å². The molecule has 4 heteroatoms. The molecule has 1 N–H and O–H groups in total. The normalized spacial score (nSPS) is 9.40. The average Bonchev–Trinajstić information content (AvgIpc) is 2.27. The third-order valence-corrected chi connectivity index (χ3v) is 1.74. The Morgan fingerprint density at radius 1 is 1.60 bits per heavy atom. The van der Waals surface area contributed by atoms with E-state index in [0.717, 1.165) is 0 Å². The summed E-state index contributed by atoms with van der Waals surface area (Å²) in [7, 11) is 1.29. The lowest BCUT2D eigenvalue weighted by Crippen LogP contribution is -2.02. The van der Waals surface area contributed by atoms with Gasteiger partial charge in [-0.3, -0.25) is 0 Å². The molecule has 0 amide bonds. The van der Waals surface area contributed by atoms with Crippen LogP contribution in [0.25, 0.3) is 0 Å². The molecular weight excluding hydrogens is 196 g/mol. The van der Waals surface area contributed by atoms with Crippen LogP contribution in [0.4, 0.5) is 0 Å². The molecule has 0 atom stereocenters. The van der Waals surface area contributed by atoms with Crippen LogP contribution in [-0.4, -0.2) is 24.8 Å². The van der Waals surface area contributed by atoms with Crippen LogP contribution in [0.15, 0.2) is 30.9 Å². The molecule has 0 aliphatic carbocycles. The van der Waals surface area contributed by atoms with E-state index in [1.54, 1.807) is 6.08 Å². The Bertz CT molecular complexity index is 371. The summed E-state index contributed by atoms with van der Waals surface area (Å²) in [6, 6.07) is 4.26. The standard InChI is InChI=1S/C11H12O4/c1-3-6-15-10-7-8(11(13)14-2)4-5-9(10)12/h3-5,7,12H,1,6H2,2H3. The minimum atomic E-state index is -0.474. The molecule has 0 radical (unpaired) electrons. The SMILES string of the molecule is C=CCOc1cc(C(=O)OC)ccc1O. The molecule has 0 saturated carbocycles. The van der Waals surface area contributed by atoms with Gasteiger partial charge in [-0.25, -0.2) is 4.79 Å². The number of esters is 1. The van der Waals surface area contributed by atoms with Crippen LogP contribution in [0.3, 0.4) is 0 Å². The average molecular weight is 208 g/mol. The lowest BCUT2D eigenvalue weighted by molar-refractivity contribution is 0.0600. The molecule has 0 saturated heterocycles. The lowest BCUT2D eigenvalue weighted by atomic mass is 10.2. The van der Waals surface area contributed by atoms with Crippen molar-refractivity contribution < 1.29 is 19.4 Å². The zero-order valence-electron chi connectivity index (χ0n) is 8.40. The highest BCUT2D eigenvalue weighted by Crippen LogP contribution is 2.26. The zero-order chi connectivity index (χ0) is 11.3. The molecule has 0 aliphatic rings. The van der Waals surface area contributed by atoms with Crippen LogP contribution in [0.2, 0.25) is 0 Å². The van der Waals surface area contributed by atoms with Gasteiger partial charge in [0.05, 0.1) is 12.7 Å². The van der Waals surface area contributed by atoms with E-state index in [2.05, 4.69) is 11.3 Å². The van der Waals surface area contributed by atoms with Crippen molar-refractivity contribution in [3.63, 3.8) is 0 Å². The van der Waals surface area contributed by atoms with E-state index >= 15 is 0 Å². The number of aromatic hydroxyl groups is 1. The van der Waals surface area contributed by atoms with Crippen molar-refractivity contribution in [1.29, 1.82) is 0 Å². The van der Waals surface area contributed by atoms with Crippen molar-refractivity contribution in [2.75, 3.05) is 13.7 Å². The second-order valence-electron chi connectivity index (χ2n) is 2.77. The van der Waals surface area contributed by atoms with E-state index in [1.165, 1.54) is 25.3 Å². The van der Waals surface area contributed by atoms with Crippen LogP contribution in [0, 0.1) is 0 Å².